The average Bonchev–Trinajstić information content (AvgIpc) is 3.23. The number of hydrogen-bond acceptors (Lipinski definition) is 2. The molecule has 1 fully saturated rings. The topological polar surface area (TPSA) is 38.1 Å². The van der Waals surface area contributed by atoms with Crippen LogP contribution in [0.5, 0.6) is 0 Å². The Kier molecular flexibility index (Phi) is 4.18. The molecule has 0 unspecified atom stereocenters. The fourth-order valence-corrected chi connectivity index (χ4v) is 3.56. The van der Waals surface area contributed by atoms with Gasteiger partial charge in [0.05, 0.1) is 11.0 Å². The summed E-state index contributed by atoms with van der Waals surface area (Å²) in [4.78, 5) is 18.8. The molecule has 26 heavy (non-hydrogen) atoms. The van der Waals surface area contributed by atoms with Crippen molar-refractivity contribution < 1.29 is 13.6 Å². The molecule has 134 valence electrons. The van der Waals surface area contributed by atoms with Crippen molar-refractivity contribution in [2.45, 2.75) is 26.3 Å². The molecule has 4 nitrogen and oxygen atoms in total. The first-order chi connectivity index (χ1) is 12.5. The monoisotopic (exact) mass is 355 g/mol. The Balaban J connectivity index is 1.73. The standard InChI is InChI=1S/C20H19F2N3O/c1-13-11-25(12-19(26)24-4-2-3-5-24)18-8-15(10-23-20(13)18)14-6-16(21)9-17(22)7-14/h6-11H,2-5,12H2,1H3. The van der Waals surface area contributed by atoms with E-state index in [1.165, 1.54) is 12.1 Å². The van der Waals surface area contributed by atoms with Crippen molar-refractivity contribution in [2.75, 3.05) is 13.1 Å². The average molecular weight is 355 g/mol. The Morgan fingerprint density at radius 2 is 1.77 bits per heavy atom. The first-order valence-corrected chi connectivity index (χ1v) is 8.71. The Hall–Kier alpha value is -2.76. The van der Waals surface area contributed by atoms with Gasteiger partial charge in [-0.1, -0.05) is 0 Å². The van der Waals surface area contributed by atoms with Crippen LogP contribution in [0.1, 0.15) is 18.4 Å². The molecule has 3 aromatic rings. The summed E-state index contributed by atoms with van der Waals surface area (Å²) >= 11 is 0. The molecule has 3 heterocycles. The van der Waals surface area contributed by atoms with E-state index in [2.05, 4.69) is 4.98 Å². The first-order valence-electron chi connectivity index (χ1n) is 8.71. The summed E-state index contributed by atoms with van der Waals surface area (Å²) in [6, 6.07) is 5.24. The third-order valence-electron chi connectivity index (χ3n) is 4.86. The van der Waals surface area contributed by atoms with Gasteiger partial charge >= 0.3 is 0 Å². The van der Waals surface area contributed by atoms with Crippen LogP contribution < -0.4 is 0 Å². The molecule has 1 aromatic carbocycles. The molecule has 0 aliphatic carbocycles. The summed E-state index contributed by atoms with van der Waals surface area (Å²) in [6.45, 7) is 3.80. The molecule has 1 saturated heterocycles. The maximum atomic E-state index is 13.5. The molecule has 0 N–H and O–H groups in total. The normalized spacial score (nSPS) is 14.3. The van der Waals surface area contributed by atoms with Crippen molar-refractivity contribution in [3.05, 3.63) is 53.9 Å². The third kappa shape index (κ3) is 3.07. The van der Waals surface area contributed by atoms with Crippen LogP contribution in [0.3, 0.4) is 0 Å². The number of hydrogen-bond donors (Lipinski definition) is 0. The number of benzene rings is 1. The molecule has 0 bridgehead atoms. The number of amides is 1. The van der Waals surface area contributed by atoms with Crippen molar-refractivity contribution in [2.24, 2.45) is 0 Å². The molecule has 0 spiro atoms. The number of pyridine rings is 1. The minimum atomic E-state index is -0.629. The van der Waals surface area contributed by atoms with Gasteiger partial charge in [-0.3, -0.25) is 9.78 Å². The second-order valence-electron chi connectivity index (χ2n) is 6.78. The smallest absolute Gasteiger partial charge is 0.242 e. The molecular weight excluding hydrogens is 336 g/mol. The van der Waals surface area contributed by atoms with E-state index in [0.717, 1.165) is 48.6 Å². The van der Waals surface area contributed by atoms with Crippen molar-refractivity contribution in [3.8, 4) is 11.1 Å². The number of carbonyl (C=O) groups is 1. The molecule has 2 aromatic heterocycles. The third-order valence-corrected chi connectivity index (χ3v) is 4.86. The van der Waals surface area contributed by atoms with E-state index in [4.69, 9.17) is 0 Å². The van der Waals surface area contributed by atoms with E-state index in [0.29, 0.717) is 11.1 Å². The van der Waals surface area contributed by atoms with Gasteiger partial charge in [0, 0.05) is 37.1 Å². The molecule has 0 atom stereocenters. The zero-order valence-corrected chi connectivity index (χ0v) is 14.5. The minimum absolute atomic E-state index is 0.0848. The summed E-state index contributed by atoms with van der Waals surface area (Å²) in [5, 5.41) is 0. The number of rotatable bonds is 3. The van der Waals surface area contributed by atoms with E-state index in [1.807, 2.05) is 28.7 Å². The molecule has 1 aliphatic heterocycles. The molecule has 0 saturated carbocycles. The fraction of sp³-hybridized carbons (Fsp3) is 0.300. The molecule has 1 amide bonds. The van der Waals surface area contributed by atoms with Gasteiger partial charge in [0.15, 0.2) is 0 Å². The summed E-state index contributed by atoms with van der Waals surface area (Å²) < 4.78 is 29.0. The Bertz CT molecular complexity index is 970. The summed E-state index contributed by atoms with van der Waals surface area (Å²) in [7, 11) is 0. The maximum Gasteiger partial charge on any atom is 0.242 e. The molecule has 6 heteroatoms. The van der Waals surface area contributed by atoms with E-state index >= 15 is 0 Å². The highest BCUT2D eigenvalue weighted by molar-refractivity contribution is 5.86. The molecule has 0 radical (unpaired) electrons. The highest BCUT2D eigenvalue weighted by atomic mass is 19.1. The predicted molar refractivity (Wildman–Crippen MR) is 95.6 cm³/mol. The SMILES string of the molecule is Cc1cn(CC(=O)N2CCCC2)c2cc(-c3cc(F)cc(F)c3)cnc12. The second kappa shape index (κ2) is 6.52. The first kappa shape index (κ1) is 16.7. The van der Waals surface area contributed by atoms with Crippen molar-refractivity contribution in [1.82, 2.24) is 14.5 Å². The molecule has 1 aliphatic rings. The molecule has 4 rings (SSSR count). The lowest BCUT2D eigenvalue weighted by atomic mass is 10.1. The van der Waals surface area contributed by atoms with Gasteiger partial charge in [-0.05, 0) is 49.1 Å². The van der Waals surface area contributed by atoms with Crippen LogP contribution in [0, 0.1) is 18.6 Å². The minimum Gasteiger partial charge on any atom is -0.341 e. The summed E-state index contributed by atoms with van der Waals surface area (Å²) in [5.74, 6) is -1.17. The van der Waals surface area contributed by atoms with Gasteiger partial charge in [0.2, 0.25) is 5.91 Å². The maximum absolute atomic E-state index is 13.5. The van der Waals surface area contributed by atoms with E-state index < -0.39 is 11.6 Å². The highest BCUT2D eigenvalue weighted by Crippen LogP contribution is 2.27. The van der Waals surface area contributed by atoms with Gasteiger partial charge in [-0.25, -0.2) is 8.78 Å². The number of fused-ring (bicyclic) bond motifs is 1. The van der Waals surface area contributed by atoms with Crippen LogP contribution in [-0.2, 0) is 11.3 Å². The number of nitrogens with zero attached hydrogens (tertiary/aromatic N) is 3. The zero-order valence-electron chi connectivity index (χ0n) is 14.5. The van der Waals surface area contributed by atoms with Crippen LogP contribution in [0.2, 0.25) is 0 Å². The van der Waals surface area contributed by atoms with E-state index in [1.54, 1.807) is 6.20 Å². The highest BCUT2D eigenvalue weighted by Gasteiger charge is 2.19. The van der Waals surface area contributed by atoms with Gasteiger partial charge < -0.3 is 9.47 Å². The van der Waals surface area contributed by atoms with Gasteiger partial charge in [0.25, 0.3) is 0 Å². The predicted octanol–water partition coefficient (Wildman–Crippen LogP) is 3.91. The van der Waals surface area contributed by atoms with E-state index in [-0.39, 0.29) is 12.5 Å². The Labute approximate surface area is 150 Å². The number of carbonyl (C=O) groups excluding carboxylic acids is 1. The van der Waals surface area contributed by atoms with E-state index in [9.17, 15) is 13.6 Å². The van der Waals surface area contributed by atoms with Crippen LogP contribution in [0.15, 0.2) is 36.7 Å². The van der Waals surface area contributed by atoms with Crippen LogP contribution in [0.25, 0.3) is 22.2 Å². The number of aryl methyl sites for hydroxylation is 1. The zero-order chi connectivity index (χ0) is 18.3. The van der Waals surface area contributed by atoms with Gasteiger partial charge in [0.1, 0.15) is 18.2 Å². The molecular formula is C20H19F2N3O. The fourth-order valence-electron chi connectivity index (χ4n) is 3.56. The number of likely N-dealkylation sites (tertiary alicyclic amines) is 1. The summed E-state index contributed by atoms with van der Waals surface area (Å²) in [5.41, 5.74) is 3.58. The van der Waals surface area contributed by atoms with Gasteiger partial charge in [-0.15, -0.1) is 0 Å². The van der Waals surface area contributed by atoms with Crippen LogP contribution in [0.4, 0.5) is 8.78 Å². The quantitative estimate of drug-likeness (QED) is 0.714. The van der Waals surface area contributed by atoms with Crippen LogP contribution in [-0.4, -0.2) is 33.4 Å². The lowest BCUT2D eigenvalue weighted by Gasteiger charge is -2.16. The van der Waals surface area contributed by atoms with Crippen molar-refractivity contribution in [1.29, 1.82) is 0 Å². The lowest BCUT2D eigenvalue weighted by Crippen LogP contribution is -2.30. The second-order valence-corrected chi connectivity index (χ2v) is 6.78. The van der Waals surface area contributed by atoms with Crippen molar-refractivity contribution >= 4 is 16.9 Å². The summed E-state index contributed by atoms with van der Waals surface area (Å²) in [6.07, 6.45) is 5.61. The number of aromatic nitrogens is 2. The van der Waals surface area contributed by atoms with Crippen LogP contribution >= 0.6 is 0 Å². The Morgan fingerprint density at radius 3 is 2.46 bits per heavy atom. The lowest BCUT2D eigenvalue weighted by molar-refractivity contribution is -0.130. The number of halogens is 2. The van der Waals surface area contributed by atoms with Gasteiger partial charge in [-0.2, -0.15) is 0 Å². The Morgan fingerprint density at radius 1 is 1.08 bits per heavy atom. The van der Waals surface area contributed by atoms with Crippen molar-refractivity contribution in [3.63, 3.8) is 0 Å². The largest absolute Gasteiger partial charge is 0.341 e.